The van der Waals surface area contributed by atoms with Gasteiger partial charge in [0.05, 0.1) is 11.8 Å². The lowest BCUT2D eigenvalue weighted by atomic mass is 10.2. The number of ether oxygens (including phenoxy) is 1. The number of nitrogen functional groups attached to an aromatic ring is 1. The van der Waals surface area contributed by atoms with E-state index in [-0.39, 0.29) is 11.5 Å². The summed E-state index contributed by atoms with van der Waals surface area (Å²) in [6.07, 6.45) is -1.51. The summed E-state index contributed by atoms with van der Waals surface area (Å²) in [6.45, 7) is 3.19. The second-order valence-corrected chi connectivity index (χ2v) is 5.57. The molecule has 9 heteroatoms. The zero-order valence-electron chi connectivity index (χ0n) is 11.0. The molecule has 0 bridgehead atoms. The van der Waals surface area contributed by atoms with Gasteiger partial charge in [0.2, 0.25) is 0 Å². The summed E-state index contributed by atoms with van der Waals surface area (Å²) in [5, 5.41) is 7.26. The van der Waals surface area contributed by atoms with Gasteiger partial charge in [0.15, 0.2) is 0 Å². The molecule has 0 saturated carbocycles. The number of amides is 1. The van der Waals surface area contributed by atoms with Gasteiger partial charge in [-0.1, -0.05) is 12.1 Å². The minimum atomic E-state index is -4.11. The van der Waals surface area contributed by atoms with Crippen LogP contribution in [0.2, 0.25) is 0 Å². The fourth-order valence-electron chi connectivity index (χ4n) is 1.28. The van der Waals surface area contributed by atoms with Gasteiger partial charge in [0.25, 0.3) is 0 Å². The SMILES string of the molecule is CC(C)OC(=O)NS(=O)(=O)Nc1cccc(C(=N)N)c1. The van der Waals surface area contributed by atoms with Crippen molar-refractivity contribution < 1.29 is 17.9 Å². The van der Waals surface area contributed by atoms with Gasteiger partial charge in [-0.05, 0) is 26.0 Å². The Morgan fingerprint density at radius 3 is 2.60 bits per heavy atom. The van der Waals surface area contributed by atoms with Crippen molar-refractivity contribution in [2.45, 2.75) is 20.0 Å². The van der Waals surface area contributed by atoms with Gasteiger partial charge in [-0.3, -0.25) is 10.1 Å². The van der Waals surface area contributed by atoms with E-state index in [0.717, 1.165) is 0 Å². The van der Waals surface area contributed by atoms with Crippen molar-refractivity contribution in [3.8, 4) is 0 Å². The molecule has 0 atom stereocenters. The van der Waals surface area contributed by atoms with E-state index in [1.54, 1.807) is 24.6 Å². The van der Waals surface area contributed by atoms with Gasteiger partial charge < -0.3 is 10.5 Å². The summed E-state index contributed by atoms with van der Waals surface area (Å²) in [4.78, 5) is 11.2. The maximum Gasteiger partial charge on any atom is 0.422 e. The molecule has 0 radical (unpaired) electrons. The van der Waals surface area contributed by atoms with Crippen LogP contribution in [0.25, 0.3) is 0 Å². The second kappa shape index (κ2) is 6.24. The highest BCUT2D eigenvalue weighted by Crippen LogP contribution is 2.11. The van der Waals surface area contributed by atoms with Crippen LogP contribution in [-0.2, 0) is 14.9 Å². The van der Waals surface area contributed by atoms with Gasteiger partial charge in [-0.25, -0.2) is 9.52 Å². The van der Waals surface area contributed by atoms with Crippen molar-refractivity contribution in [2.75, 3.05) is 4.72 Å². The first kappa shape index (κ1) is 15.8. The second-order valence-electron chi connectivity index (χ2n) is 4.16. The molecular weight excluding hydrogens is 284 g/mol. The molecule has 0 heterocycles. The molecule has 1 amide bonds. The van der Waals surface area contributed by atoms with Gasteiger partial charge in [-0.15, -0.1) is 0 Å². The first-order valence-electron chi connectivity index (χ1n) is 5.65. The van der Waals surface area contributed by atoms with Crippen molar-refractivity contribution in [1.29, 1.82) is 5.41 Å². The first-order chi connectivity index (χ1) is 9.19. The highest BCUT2D eigenvalue weighted by molar-refractivity contribution is 7.91. The van der Waals surface area contributed by atoms with Crippen LogP contribution in [0.3, 0.4) is 0 Å². The molecule has 0 aliphatic heterocycles. The third-order valence-electron chi connectivity index (χ3n) is 1.99. The predicted octanol–water partition coefficient (Wildman–Crippen LogP) is 0.762. The average Bonchev–Trinajstić information content (AvgIpc) is 2.26. The maximum atomic E-state index is 11.7. The third kappa shape index (κ3) is 5.14. The standard InChI is InChI=1S/C11H16N4O4S/c1-7(2)19-11(16)15-20(17,18)14-9-5-3-4-8(6-9)10(12)13/h3-7,14H,1-2H3,(H3,12,13)(H,15,16). The number of nitrogens with one attached hydrogen (secondary N) is 3. The summed E-state index contributed by atoms with van der Waals surface area (Å²) in [7, 11) is -4.11. The minimum absolute atomic E-state index is 0.169. The quantitative estimate of drug-likeness (QED) is 0.470. The number of anilines is 1. The Hall–Kier alpha value is -2.29. The van der Waals surface area contributed by atoms with E-state index in [2.05, 4.69) is 9.46 Å². The van der Waals surface area contributed by atoms with E-state index in [4.69, 9.17) is 11.1 Å². The number of hydrogen-bond donors (Lipinski definition) is 4. The van der Waals surface area contributed by atoms with Crippen molar-refractivity contribution >= 4 is 27.8 Å². The molecule has 0 aromatic heterocycles. The molecule has 110 valence electrons. The number of rotatable bonds is 5. The molecule has 8 nitrogen and oxygen atoms in total. The van der Waals surface area contributed by atoms with Crippen LogP contribution in [0.15, 0.2) is 24.3 Å². The summed E-state index contributed by atoms with van der Waals surface area (Å²) in [5.41, 5.74) is 5.82. The zero-order valence-corrected chi connectivity index (χ0v) is 11.8. The van der Waals surface area contributed by atoms with Crippen LogP contribution in [0, 0.1) is 5.41 Å². The minimum Gasteiger partial charge on any atom is -0.446 e. The Kier molecular flexibility index (Phi) is 4.92. The average molecular weight is 300 g/mol. The van der Waals surface area contributed by atoms with Crippen molar-refractivity contribution in [1.82, 2.24) is 4.72 Å². The molecule has 0 aliphatic carbocycles. The normalized spacial score (nSPS) is 10.9. The Morgan fingerprint density at radius 2 is 2.05 bits per heavy atom. The molecule has 0 saturated heterocycles. The smallest absolute Gasteiger partial charge is 0.422 e. The third-order valence-corrected chi connectivity index (χ3v) is 2.93. The topological polar surface area (TPSA) is 134 Å². The number of hydrogen-bond acceptors (Lipinski definition) is 5. The molecule has 1 aromatic rings. The highest BCUT2D eigenvalue weighted by Gasteiger charge is 2.16. The fraction of sp³-hybridized carbons (Fsp3) is 0.273. The monoisotopic (exact) mass is 300 g/mol. The predicted molar refractivity (Wildman–Crippen MR) is 74.8 cm³/mol. The van der Waals surface area contributed by atoms with Crippen molar-refractivity contribution in [3.05, 3.63) is 29.8 Å². The van der Waals surface area contributed by atoms with Crippen LogP contribution in [0.4, 0.5) is 10.5 Å². The van der Waals surface area contributed by atoms with Gasteiger partial charge in [-0.2, -0.15) is 8.42 Å². The zero-order chi connectivity index (χ0) is 15.3. The number of carbonyl (C=O) groups excluding carboxylic acids is 1. The van der Waals surface area contributed by atoms with Crippen LogP contribution in [0.1, 0.15) is 19.4 Å². The lowest BCUT2D eigenvalue weighted by Crippen LogP contribution is -2.36. The Balaban J connectivity index is 2.78. The molecule has 0 unspecified atom stereocenters. The Morgan fingerprint density at radius 1 is 1.40 bits per heavy atom. The molecule has 0 fully saturated rings. The van der Waals surface area contributed by atoms with E-state index >= 15 is 0 Å². The Bertz CT molecular complexity index is 613. The fourth-order valence-corrected chi connectivity index (χ4v) is 2.03. The number of carbonyl (C=O) groups is 1. The van der Waals surface area contributed by atoms with Crippen molar-refractivity contribution in [3.63, 3.8) is 0 Å². The number of benzene rings is 1. The van der Waals surface area contributed by atoms with E-state index in [0.29, 0.717) is 5.56 Å². The molecule has 0 spiro atoms. The molecule has 0 aliphatic rings. The molecule has 1 rings (SSSR count). The summed E-state index contributed by atoms with van der Waals surface area (Å²) in [5.74, 6) is -0.196. The van der Waals surface area contributed by atoms with E-state index in [1.165, 1.54) is 18.2 Å². The summed E-state index contributed by atoms with van der Waals surface area (Å²) in [6, 6.07) is 5.91. The van der Waals surface area contributed by atoms with Crippen molar-refractivity contribution in [2.24, 2.45) is 5.73 Å². The highest BCUT2D eigenvalue weighted by atomic mass is 32.2. The largest absolute Gasteiger partial charge is 0.446 e. The van der Waals surface area contributed by atoms with Crippen LogP contribution in [0.5, 0.6) is 0 Å². The van der Waals surface area contributed by atoms with Crippen LogP contribution < -0.4 is 15.2 Å². The van der Waals surface area contributed by atoms with Crippen LogP contribution in [-0.4, -0.2) is 26.5 Å². The molecule has 5 N–H and O–H groups in total. The van der Waals surface area contributed by atoms with Gasteiger partial charge in [0, 0.05) is 5.56 Å². The Labute approximate surface area is 117 Å². The van der Waals surface area contributed by atoms with E-state index < -0.39 is 22.4 Å². The lowest BCUT2D eigenvalue weighted by Gasteiger charge is -2.12. The summed E-state index contributed by atoms with van der Waals surface area (Å²) >= 11 is 0. The molecular formula is C11H16N4O4S. The maximum absolute atomic E-state index is 11.7. The van der Waals surface area contributed by atoms with Gasteiger partial charge in [0.1, 0.15) is 5.84 Å². The lowest BCUT2D eigenvalue weighted by molar-refractivity contribution is 0.121. The van der Waals surface area contributed by atoms with Crippen LogP contribution >= 0.6 is 0 Å². The van der Waals surface area contributed by atoms with Gasteiger partial charge >= 0.3 is 16.3 Å². The molecule has 20 heavy (non-hydrogen) atoms. The first-order valence-corrected chi connectivity index (χ1v) is 7.13. The van der Waals surface area contributed by atoms with E-state index in [9.17, 15) is 13.2 Å². The number of amidine groups is 1. The molecule has 1 aromatic carbocycles. The summed E-state index contributed by atoms with van der Waals surface area (Å²) < 4.78 is 31.8. The van der Waals surface area contributed by atoms with E-state index in [1.807, 2.05) is 0 Å². The number of nitrogens with two attached hydrogens (primary N) is 1.